The van der Waals surface area contributed by atoms with Crippen LogP contribution < -0.4 is 9.47 Å². The summed E-state index contributed by atoms with van der Waals surface area (Å²) < 4.78 is 45.7. The molecule has 0 bridgehead atoms. The maximum Gasteiger partial charge on any atom is 0.204 e. The molecule has 0 amide bonds. The van der Waals surface area contributed by atoms with Gasteiger partial charge in [-0.3, -0.25) is 0 Å². The van der Waals surface area contributed by atoms with Crippen molar-refractivity contribution in [2.75, 3.05) is 7.04 Å². The molecular formula is C16H16ClFO2. The number of hydrogen-bond donors (Lipinski definition) is 0. The fourth-order valence-electron chi connectivity index (χ4n) is 1.83. The number of methoxy groups -OCH3 is 1. The largest absolute Gasteiger partial charge is 0.493 e. The molecule has 20 heavy (non-hydrogen) atoms. The lowest BCUT2D eigenvalue weighted by Crippen LogP contribution is -1.94. The van der Waals surface area contributed by atoms with Crippen molar-refractivity contribution >= 4 is 11.6 Å². The molecule has 4 heteroatoms. The van der Waals surface area contributed by atoms with Crippen molar-refractivity contribution in [3.05, 3.63) is 52.8 Å². The van der Waals surface area contributed by atoms with Crippen LogP contribution in [-0.2, 0) is 0 Å². The van der Waals surface area contributed by atoms with Gasteiger partial charge in [-0.15, -0.1) is 0 Å². The van der Waals surface area contributed by atoms with Crippen molar-refractivity contribution in [3.63, 3.8) is 0 Å². The standard InChI is InChI=1S/C16H16ClFO2/c1-10(2)12-8-7-11(9-13(12)17)20-16-14(18)5-4-6-15(16)19-3/h4-10H,1-3H3/i3D3. The first-order chi connectivity index (χ1) is 10.7. The van der Waals surface area contributed by atoms with E-state index in [4.69, 9.17) is 25.2 Å². The summed E-state index contributed by atoms with van der Waals surface area (Å²) in [5, 5.41) is 0.493. The molecule has 2 nitrogen and oxygen atoms in total. The molecule has 0 N–H and O–H groups in total. The zero-order valence-electron chi connectivity index (χ0n) is 14.1. The van der Waals surface area contributed by atoms with Crippen molar-refractivity contribution in [2.24, 2.45) is 0 Å². The summed E-state index contributed by atoms with van der Waals surface area (Å²) in [5.41, 5.74) is 0.937. The minimum absolute atomic E-state index is 0.200. The third-order valence-electron chi connectivity index (χ3n) is 2.85. The number of para-hydroxylation sites is 1. The van der Waals surface area contributed by atoms with Crippen molar-refractivity contribution in [1.29, 1.82) is 0 Å². The number of halogens is 2. The maximum absolute atomic E-state index is 14.0. The molecule has 2 aromatic rings. The molecule has 0 atom stereocenters. The SMILES string of the molecule is [2H]C([2H])([2H])Oc1cccc(F)c1Oc1ccc(C(C)C)c(Cl)c1. The quantitative estimate of drug-likeness (QED) is 0.752. The molecule has 0 aliphatic heterocycles. The molecule has 0 aliphatic carbocycles. The van der Waals surface area contributed by atoms with E-state index in [0.29, 0.717) is 10.8 Å². The van der Waals surface area contributed by atoms with E-state index in [0.717, 1.165) is 11.6 Å². The predicted molar refractivity (Wildman–Crippen MR) is 78.6 cm³/mol. The summed E-state index contributed by atoms with van der Waals surface area (Å²) in [5.74, 6) is -0.693. The molecule has 0 saturated heterocycles. The van der Waals surface area contributed by atoms with Gasteiger partial charge in [-0.25, -0.2) is 4.39 Å². The third-order valence-corrected chi connectivity index (χ3v) is 3.18. The lowest BCUT2D eigenvalue weighted by Gasteiger charge is -2.13. The second-order valence-electron chi connectivity index (χ2n) is 4.61. The average molecular weight is 298 g/mol. The topological polar surface area (TPSA) is 18.5 Å². The van der Waals surface area contributed by atoms with Crippen LogP contribution >= 0.6 is 11.6 Å². The minimum Gasteiger partial charge on any atom is -0.493 e. The van der Waals surface area contributed by atoms with E-state index in [1.807, 2.05) is 13.8 Å². The van der Waals surface area contributed by atoms with Crippen LogP contribution in [0.2, 0.25) is 5.02 Å². The maximum atomic E-state index is 14.0. The molecule has 0 unspecified atom stereocenters. The molecular weight excluding hydrogens is 279 g/mol. The normalized spacial score (nSPS) is 13.6. The second-order valence-corrected chi connectivity index (χ2v) is 5.02. The van der Waals surface area contributed by atoms with E-state index in [2.05, 4.69) is 0 Å². The Bertz CT molecular complexity index is 702. The lowest BCUT2D eigenvalue weighted by atomic mass is 10.0. The van der Waals surface area contributed by atoms with E-state index < -0.39 is 12.9 Å². The molecule has 2 rings (SSSR count). The van der Waals surface area contributed by atoms with Crippen molar-refractivity contribution in [3.8, 4) is 17.2 Å². The molecule has 0 spiro atoms. The Kier molecular flexibility index (Phi) is 3.37. The monoisotopic (exact) mass is 297 g/mol. The highest BCUT2D eigenvalue weighted by Gasteiger charge is 2.13. The molecule has 0 fully saturated rings. The molecule has 0 aromatic heterocycles. The van der Waals surface area contributed by atoms with Gasteiger partial charge in [0.15, 0.2) is 11.6 Å². The summed E-state index contributed by atoms with van der Waals surface area (Å²) in [6, 6.07) is 8.82. The second kappa shape index (κ2) is 6.14. The fourth-order valence-corrected chi connectivity index (χ4v) is 2.21. The van der Waals surface area contributed by atoms with Gasteiger partial charge in [0.05, 0.1) is 11.2 Å². The summed E-state index contributed by atoms with van der Waals surface area (Å²) in [6.07, 6.45) is 0. The van der Waals surface area contributed by atoms with Crippen molar-refractivity contribution in [1.82, 2.24) is 0 Å². The zero-order valence-corrected chi connectivity index (χ0v) is 11.9. The summed E-state index contributed by atoms with van der Waals surface area (Å²) in [4.78, 5) is 0. The fraction of sp³-hybridized carbons (Fsp3) is 0.250. The van der Waals surface area contributed by atoms with Gasteiger partial charge in [-0.05, 0) is 35.7 Å². The van der Waals surface area contributed by atoms with Crippen LogP contribution in [0.25, 0.3) is 0 Å². The highest BCUT2D eigenvalue weighted by molar-refractivity contribution is 6.31. The van der Waals surface area contributed by atoms with Gasteiger partial charge in [0.25, 0.3) is 0 Å². The minimum atomic E-state index is -2.70. The van der Waals surface area contributed by atoms with Crippen LogP contribution in [0.15, 0.2) is 36.4 Å². The van der Waals surface area contributed by atoms with Crippen LogP contribution in [0.3, 0.4) is 0 Å². The molecule has 0 saturated carbocycles. The third kappa shape index (κ3) is 3.05. The molecule has 106 valence electrons. The summed E-state index contributed by atoms with van der Waals surface area (Å²) in [6.45, 7) is 4.00. The van der Waals surface area contributed by atoms with Crippen LogP contribution in [0, 0.1) is 5.82 Å². The van der Waals surface area contributed by atoms with Gasteiger partial charge >= 0.3 is 0 Å². The average Bonchev–Trinajstić information content (AvgIpc) is 2.40. The Morgan fingerprint density at radius 1 is 1.25 bits per heavy atom. The van der Waals surface area contributed by atoms with E-state index in [1.165, 1.54) is 12.1 Å². The number of rotatable bonds is 4. The van der Waals surface area contributed by atoms with Crippen LogP contribution in [0.4, 0.5) is 4.39 Å². The Morgan fingerprint density at radius 3 is 2.70 bits per heavy atom. The first kappa shape index (κ1) is 11.0. The number of ether oxygens (including phenoxy) is 2. The van der Waals surface area contributed by atoms with E-state index >= 15 is 0 Å². The highest BCUT2D eigenvalue weighted by Crippen LogP contribution is 2.36. The van der Waals surface area contributed by atoms with E-state index in [9.17, 15) is 4.39 Å². The van der Waals surface area contributed by atoms with E-state index in [-0.39, 0.29) is 17.4 Å². The number of hydrogen-bond acceptors (Lipinski definition) is 2. The number of benzene rings is 2. The van der Waals surface area contributed by atoms with E-state index in [1.54, 1.807) is 18.2 Å². The Labute approximate surface area is 127 Å². The van der Waals surface area contributed by atoms with Gasteiger partial charge < -0.3 is 9.47 Å². The van der Waals surface area contributed by atoms with Gasteiger partial charge in [-0.1, -0.05) is 37.6 Å². The van der Waals surface area contributed by atoms with Gasteiger partial charge in [0.2, 0.25) is 5.75 Å². The van der Waals surface area contributed by atoms with Crippen LogP contribution in [0.1, 0.15) is 29.4 Å². The Balaban J connectivity index is 2.35. The predicted octanol–water partition coefficient (Wildman–Crippen LogP) is 5.40. The Hall–Kier alpha value is -1.74. The molecule has 0 heterocycles. The van der Waals surface area contributed by atoms with Crippen molar-refractivity contribution in [2.45, 2.75) is 19.8 Å². The van der Waals surface area contributed by atoms with Gasteiger partial charge in [-0.2, -0.15) is 0 Å². The van der Waals surface area contributed by atoms with Gasteiger partial charge in [0.1, 0.15) is 5.75 Å². The molecule has 0 aliphatic rings. The van der Waals surface area contributed by atoms with Gasteiger partial charge in [0, 0.05) is 5.02 Å². The van der Waals surface area contributed by atoms with Crippen LogP contribution in [0.5, 0.6) is 17.2 Å². The lowest BCUT2D eigenvalue weighted by molar-refractivity contribution is 0.364. The van der Waals surface area contributed by atoms with Crippen LogP contribution in [-0.4, -0.2) is 7.04 Å². The first-order valence-electron chi connectivity index (χ1n) is 7.62. The Morgan fingerprint density at radius 2 is 2.05 bits per heavy atom. The van der Waals surface area contributed by atoms with Crippen molar-refractivity contribution < 1.29 is 18.0 Å². The highest BCUT2D eigenvalue weighted by atomic mass is 35.5. The summed E-state index contributed by atoms with van der Waals surface area (Å²) in [7, 11) is -2.70. The smallest absolute Gasteiger partial charge is 0.204 e. The molecule has 2 aromatic carbocycles. The summed E-state index contributed by atoms with van der Waals surface area (Å²) >= 11 is 6.18. The zero-order chi connectivity index (χ0) is 17.2. The first-order valence-corrected chi connectivity index (χ1v) is 6.50. The molecule has 0 radical (unpaired) electrons.